The van der Waals surface area contributed by atoms with E-state index in [0.717, 1.165) is 12.1 Å². The van der Waals surface area contributed by atoms with Crippen molar-refractivity contribution >= 4 is 0 Å². The highest BCUT2D eigenvalue weighted by atomic mass is 15.3. The largest absolute Gasteiger partial charge is 0.330 e. The third kappa shape index (κ3) is 2.58. The molecule has 3 nitrogen and oxygen atoms in total. The van der Waals surface area contributed by atoms with Crippen LogP contribution in [0.5, 0.6) is 0 Å². The Labute approximate surface area is 133 Å². The lowest BCUT2D eigenvalue weighted by Crippen LogP contribution is -2.19. The molecule has 0 amide bonds. The molecular formula is C19H27N3. The first kappa shape index (κ1) is 15.3. The Balaban J connectivity index is 2.06. The average Bonchev–Trinajstić information content (AvgIpc) is 2.84. The third-order valence-electron chi connectivity index (χ3n) is 4.89. The Kier molecular flexibility index (Phi) is 3.85. The molecule has 1 aliphatic carbocycles. The van der Waals surface area contributed by atoms with E-state index in [0.29, 0.717) is 12.5 Å². The molecule has 0 bridgehead atoms. The van der Waals surface area contributed by atoms with Gasteiger partial charge >= 0.3 is 0 Å². The summed E-state index contributed by atoms with van der Waals surface area (Å²) in [5, 5.41) is 4.81. The van der Waals surface area contributed by atoms with Crippen LogP contribution in [-0.2, 0) is 18.9 Å². The normalized spacial score (nSPS) is 18.3. The Hall–Kier alpha value is -1.61. The van der Waals surface area contributed by atoms with E-state index < -0.39 is 0 Å². The minimum Gasteiger partial charge on any atom is -0.330 e. The smallest absolute Gasteiger partial charge is 0.0961 e. The molecule has 0 saturated carbocycles. The highest BCUT2D eigenvalue weighted by Crippen LogP contribution is 2.38. The van der Waals surface area contributed by atoms with Crippen molar-refractivity contribution in [1.29, 1.82) is 0 Å². The SMILES string of the molecule is Cn1nc(-c2ccc(C(C)(C)C)cc2)c2c1CCCC2CN. The second-order valence-corrected chi connectivity index (χ2v) is 7.48. The minimum absolute atomic E-state index is 0.182. The fourth-order valence-corrected chi connectivity index (χ4v) is 3.54. The van der Waals surface area contributed by atoms with E-state index in [-0.39, 0.29) is 5.41 Å². The van der Waals surface area contributed by atoms with Crippen LogP contribution < -0.4 is 5.73 Å². The van der Waals surface area contributed by atoms with Gasteiger partial charge in [-0.05, 0) is 36.8 Å². The summed E-state index contributed by atoms with van der Waals surface area (Å²) in [6.45, 7) is 7.45. The zero-order valence-corrected chi connectivity index (χ0v) is 14.2. The first-order chi connectivity index (χ1) is 10.4. The van der Waals surface area contributed by atoms with Gasteiger partial charge in [0, 0.05) is 29.8 Å². The summed E-state index contributed by atoms with van der Waals surface area (Å²) in [7, 11) is 2.06. The summed E-state index contributed by atoms with van der Waals surface area (Å²) in [4.78, 5) is 0. The zero-order chi connectivity index (χ0) is 15.9. The summed E-state index contributed by atoms with van der Waals surface area (Å²) >= 11 is 0. The molecule has 118 valence electrons. The molecule has 1 aromatic heterocycles. The molecule has 0 fully saturated rings. The molecule has 1 heterocycles. The Morgan fingerprint density at radius 1 is 1.23 bits per heavy atom. The van der Waals surface area contributed by atoms with Crippen LogP contribution in [0.1, 0.15) is 56.4 Å². The van der Waals surface area contributed by atoms with Crippen LogP contribution in [0.15, 0.2) is 24.3 Å². The lowest BCUT2D eigenvalue weighted by molar-refractivity contribution is 0.541. The van der Waals surface area contributed by atoms with E-state index >= 15 is 0 Å². The van der Waals surface area contributed by atoms with Gasteiger partial charge in [-0.1, -0.05) is 45.0 Å². The van der Waals surface area contributed by atoms with Crippen LogP contribution in [0.3, 0.4) is 0 Å². The van der Waals surface area contributed by atoms with Gasteiger partial charge in [-0.2, -0.15) is 5.10 Å². The van der Waals surface area contributed by atoms with Gasteiger partial charge in [-0.25, -0.2) is 0 Å². The summed E-state index contributed by atoms with van der Waals surface area (Å²) in [6, 6.07) is 8.89. The monoisotopic (exact) mass is 297 g/mol. The predicted octanol–water partition coefficient (Wildman–Crippen LogP) is 3.76. The fraction of sp³-hybridized carbons (Fsp3) is 0.526. The topological polar surface area (TPSA) is 43.8 Å². The first-order valence-corrected chi connectivity index (χ1v) is 8.28. The van der Waals surface area contributed by atoms with E-state index in [1.54, 1.807) is 0 Å². The van der Waals surface area contributed by atoms with E-state index in [9.17, 15) is 0 Å². The lowest BCUT2D eigenvalue weighted by Gasteiger charge is -2.23. The van der Waals surface area contributed by atoms with Crippen molar-refractivity contribution in [2.24, 2.45) is 12.8 Å². The van der Waals surface area contributed by atoms with E-state index in [2.05, 4.69) is 56.8 Å². The number of hydrogen-bond donors (Lipinski definition) is 1. The maximum absolute atomic E-state index is 6.02. The van der Waals surface area contributed by atoms with E-state index in [1.807, 2.05) is 0 Å². The lowest BCUT2D eigenvalue weighted by atomic mass is 9.83. The van der Waals surface area contributed by atoms with Gasteiger partial charge in [0.1, 0.15) is 0 Å². The molecule has 1 aromatic carbocycles. The quantitative estimate of drug-likeness (QED) is 0.917. The highest BCUT2D eigenvalue weighted by Gasteiger charge is 2.27. The maximum atomic E-state index is 6.02. The highest BCUT2D eigenvalue weighted by molar-refractivity contribution is 5.66. The van der Waals surface area contributed by atoms with Gasteiger partial charge in [-0.15, -0.1) is 0 Å². The number of aromatic nitrogens is 2. The number of fused-ring (bicyclic) bond motifs is 1. The van der Waals surface area contributed by atoms with Crippen molar-refractivity contribution in [2.45, 2.75) is 51.4 Å². The molecule has 1 atom stereocenters. The van der Waals surface area contributed by atoms with Gasteiger partial charge in [-0.3, -0.25) is 4.68 Å². The van der Waals surface area contributed by atoms with Gasteiger partial charge in [0.2, 0.25) is 0 Å². The number of benzene rings is 1. The number of nitrogens with two attached hydrogens (primary N) is 1. The summed E-state index contributed by atoms with van der Waals surface area (Å²) in [6.07, 6.45) is 3.52. The third-order valence-corrected chi connectivity index (χ3v) is 4.89. The molecule has 3 heteroatoms. The van der Waals surface area contributed by atoms with Crippen molar-refractivity contribution in [1.82, 2.24) is 9.78 Å². The van der Waals surface area contributed by atoms with Crippen LogP contribution in [0, 0.1) is 0 Å². The number of hydrogen-bond acceptors (Lipinski definition) is 2. The second kappa shape index (κ2) is 5.54. The maximum Gasteiger partial charge on any atom is 0.0961 e. The molecule has 0 radical (unpaired) electrons. The zero-order valence-electron chi connectivity index (χ0n) is 14.2. The molecule has 0 saturated heterocycles. The Morgan fingerprint density at radius 2 is 1.91 bits per heavy atom. The van der Waals surface area contributed by atoms with E-state index in [4.69, 9.17) is 10.8 Å². The minimum atomic E-state index is 0.182. The van der Waals surface area contributed by atoms with Gasteiger partial charge in [0.25, 0.3) is 0 Å². The molecule has 2 N–H and O–H groups in total. The molecule has 2 aromatic rings. The number of rotatable bonds is 2. The van der Waals surface area contributed by atoms with Gasteiger partial charge in [0.15, 0.2) is 0 Å². The Bertz CT molecular complexity index is 659. The van der Waals surface area contributed by atoms with Crippen LogP contribution in [0.4, 0.5) is 0 Å². The molecule has 1 aliphatic rings. The van der Waals surface area contributed by atoms with Crippen molar-refractivity contribution < 1.29 is 0 Å². The molecule has 0 spiro atoms. The fourth-order valence-electron chi connectivity index (χ4n) is 3.54. The average molecular weight is 297 g/mol. The summed E-state index contributed by atoms with van der Waals surface area (Å²) in [5.41, 5.74) is 12.7. The number of nitrogens with zero attached hydrogens (tertiary/aromatic N) is 2. The van der Waals surface area contributed by atoms with Gasteiger partial charge < -0.3 is 5.73 Å². The molecule has 22 heavy (non-hydrogen) atoms. The van der Waals surface area contributed by atoms with Crippen molar-refractivity contribution in [3.05, 3.63) is 41.1 Å². The summed E-state index contributed by atoms with van der Waals surface area (Å²) in [5.74, 6) is 0.453. The van der Waals surface area contributed by atoms with Gasteiger partial charge in [0.05, 0.1) is 5.69 Å². The standard InChI is InChI=1S/C19H27N3/c1-19(2,3)15-10-8-13(9-11-15)18-17-14(12-20)6-5-7-16(17)22(4)21-18/h8-11,14H,5-7,12,20H2,1-4H3. The van der Waals surface area contributed by atoms with Crippen LogP contribution >= 0.6 is 0 Å². The summed E-state index contributed by atoms with van der Waals surface area (Å²) < 4.78 is 2.06. The first-order valence-electron chi connectivity index (χ1n) is 8.28. The van der Waals surface area contributed by atoms with Crippen molar-refractivity contribution in [3.63, 3.8) is 0 Å². The number of aryl methyl sites for hydroxylation is 1. The van der Waals surface area contributed by atoms with Crippen molar-refractivity contribution in [3.8, 4) is 11.3 Å². The molecule has 0 aliphatic heterocycles. The predicted molar refractivity (Wildman–Crippen MR) is 92.1 cm³/mol. The van der Waals surface area contributed by atoms with E-state index in [1.165, 1.54) is 35.2 Å². The van der Waals surface area contributed by atoms with Crippen LogP contribution in [0.25, 0.3) is 11.3 Å². The molecule has 1 unspecified atom stereocenters. The van der Waals surface area contributed by atoms with Crippen molar-refractivity contribution in [2.75, 3.05) is 6.54 Å². The molecular weight excluding hydrogens is 270 g/mol. The van der Waals surface area contributed by atoms with Crippen LogP contribution in [-0.4, -0.2) is 16.3 Å². The van der Waals surface area contributed by atoms with Crippen LogP contribution in [0.2, 0.25) is 0 Å². The second-order valence-electron chi connectivity index (χ2n) is 7.48. The Morgan fingerprint density at radius 3 is 2.50 bits per heavy atom. The molecule has 3 rings (SSSR count).